The highest BCUT2D eigenvalue weighted by molar-refractivity contribution is 5.91. The highest BCUT2D eigenvalue weighted by atomic mass is 16.7. The van der Waals surface area contributed by atoms with Crippen molar-refractivity contribution in [2.24, 2.45) is 0 Å². The van der Waals surface area contributed by atoms with Crippen LogP contribution in [0.25, 0.3) is 0 Å². The van der Waals surface area contributed by atoms with E-state index in [4.69, 9.17) is 23.7 Å². The van der Waals surface area contributed by atoms with E-state index in [0.29, 0.717) is 24.8 Å². The molecule has 0 radical (unpaired) electrons. The molecule has 1 aromatic carbocycles. The van der Waals surface area contributed by atoms with Crippen molar-refractivity contribution in [2.75, 3.05) is 0 Å². The average molecular weight is 551 g/mol. The van der Waals surface area contributed by atoms with Crippen molar-refractivity contribution in [3.8, 4) is 5.75 Å². The van der Waals surface area contributed by atoms with Crippen LogP contribution in [0, 0.1) is 0 Å². The molecule has 1 aliphatic heterocycles. The number of rotatable bonds is 12. The Morgan fingerprint density at radius 1 is 0.821 bits per heavy atom. The van der Waals surface area contributed by atoms with Crippen LogP contribution < -0.4 is 4.74 Å². The summed E-state index contributed by atoms with van der Waals surface area (Å²) in [6, 6.07) is 4.78. The summed E-state index contributed by atoms with van der Waals surface area (Å²) in [5, 5.41) is 9.91. The number of carboxylic acid groups (broad SMARTS) is 1. The van der Waals surface area contributed by atoms with Crippen LogP contribution in [-0.4, -0.2) is 59.7 Å². The standard InChI is InChI=1S/C29H42O10/c1-8-12-20(30)36-23-17(4)35-28(26(38-22(32)14-10-3)25(23)37-21(31)13-9-2)39-24-18(27(33)34)15-11-16-19(24)29(5,6)7/h11,15-17,23,25-26,28H,8-10,12-14H2,1-7H3,(H,33,34)/t17-,23+,25+,26-,28?/m0/s1. The quantitative estimate of drug-likeness (QED) is 0.281. The van der Waals surface area contributed by atoms with Crippen LogP contribution in [0.2, 0.25) is 0 Å². The van der Waals surface area contributed by atoms with Gasteiger partial charge in [0.1, 0.15) is 11.3 Å². The van der Waals surface area contributed by atoms with Gasteiger partial charge < -0.3 is 28.8 Å². The van der Waals surface area contributed by atoms with Gasteiger partial charge in [0.2, 0.25) is 12.4 Å². The van der Waals surface area contributed by atoms with Gasteiger partial charge in [0.05, 0.1) is 6.10 Å². The molecule has 2 rings (SSSR count). The zero-order valence-electron chi connectivity index (χ0n) is 24.0. The lowest BCUT2D eigenvalue weighted by molar-refractivity contribution is -0.281. The molecule has 1 fully saturated rings. The molecule has 0 amide bonds. The smallest absolute Gasteiger partial charge is 0.339 e. The Hall–Kier alpha value is -3.14. The number of esters is 3. The maximum atomic E-state index is 12.7. The molecule has 0 aromatic heterocycles. The van der Waals surface area contributed by atoms with E-state index in [-0.39, 0.29) is 30.6 Å². The summed E-state index contributed by atoms with van der Waals surface area (Å²) in [5.74, 6) is -2.83. The first kappa shape index (κ1) is 32.1. The minimum absolute atomic E-state index is 0.0475. The number of carboxylic acids is 1. The molecule has 0 bridgehead atoms. The van der Waals surface area contributed by atoms with E-state index in [2.05, 4.69) is 0 Å². The Kier molecular flexibility index (Phi) is 11.8. The molecule has 10 nitrogen and oxygen atoms in total. The summed E-state index contributed by atoms with van der Waals surface area (Å²) in [6.07, 6.45) is -3.99. The summed E-state index contributed by atoms with van der Waals surface area (Å²) in [5.41, 5.74) is -0.0256. The topological polar surface area (TPSA) is 135 Å². The third-order valence-electron chi connectivity index (χ3n) is 6.18. The van der Waals surface area contributed by atoms with Crippen LogP contribution in [-0.2, 0) is 38.7 Å². The van der Waals surface area contributed by atoms with Gasteiger partial charge in [-0.25, -0.2) is 4.79 Å². The normalized spacial score (nSPS) is 23.0. The van der Waals surface area contributed by atoms with Gasteiger partial charge >= 0.3 is 23.9 Å². The molecule has 1 heterocycles. The van der Waals surface area contributed by atoms with Gasteiger partial charge in [-0.2, -0.15) is 0 Å². The Morgan fingerprint density at radius 3 is 1.77 bits per heavy atom. The molecule has 1 aliphatic rings. The molecule has 39 heavy (non-hydrogen) atoms. The van der Waals surface area contributed by atoms with E-state index >= 15 is 0 Å². The van der Waals surface area contributed by atoms with E-state index in [1.807, 2.05) is 41.5 Å². The SMILES string of the molecule is CCCC(=O)O[C@@H]1[C@H](OC(=O)CCC)[C@H](C)OC(Oc2c(C(=O)O)cccc2C(C)(C)C)[C@H]1OC(=O)CCC. The van der Waals surface area contributed by atoms with Crippen LogP contribution in [0.15, 0.2) is 18.2 Å². The molecular weight excluding hydrogens is 508 g/mol. The summed E-state index contributed by atoms with van der Waals surface area (Å²) in [6.45, 7) is 12.8. The molecule has 1 N–H and O–H groups in total. The molecule has 0 aliphatic carbocycles. The number of aromatic carboxylic acids is 1. The highest BCUT2D eigenvalue weighted by Gasteiger charge is 2.52. The summed E-state index contributed by atoms with van der Waals surface area (Å²) in [4.78, 5) is 50.0. The number of carbonyl (C=O) groups is 4. The fraction of sp³-hybridized carbons (Fsp3) is 0.655. The third-order valence-corrected chi connectivity index (χ3v) is 6.18. The van der Waals surface area contributed by atoms with Gasteiger partial charge in [-0.1, -0.05) is 53.7 Å². The fourth-order valence-electron chi connectivity index (χ4n) is 4.27. The van der Waals surface area contributed by atoms with Crippen molar-refractivity contribution in [3.63, 3.8) is 0 Å². The predicted octanol–water partition coefficient (Wildman–Crippen LogP) is 4.94. The molecule has 218 valence electrons. The Morgan fingerprint density at radius 2 is 1.31 bits per heavy atom. The first-order valence-corrected chi connectivity index (χ1v) is 13.6. The molecular formula is C29H42O10. The highest BCUT2D eigenvalue weighted by Crippen LogP contribution is 2.38. The van der Waals surface area contributed by atoms with E-state index < -0.39 is 60.0 Å². The van der Waals surface area contributed by atoms with Gasteiger partial charge in [0, 0.05) is 24.8 Å². The summed E-state index contributed by atoms with van der Waals surface area (Å²) >= 11 is 0. The molecule has 5 atom stereocenters. The third kappa shape index (κ3) is 8.68. The number of benzene rings is 1. The minimum atomic E-state index is -1.36. The number of carbonyl (C=O) groups excluding carboxylic acids is 3. The van der Waals surface area contributed by atoms with Crippen LogP contribution in [0.5, 0.6) is 5.75 Å². The second-order valence-corrected chi connectivity index (χ2v) is 10.7. The van der Waals surface area contributed by atoms with Crippen molar-refractivity contribution >= 4 is 23.9 Å². The summed E-state index contributed by atoms with van der Waals surface area (Å²) in [7, 11) is 0. The van der Waals surface area contributed by atoms with Crippen LogP contribution in [0.4, 0.5) is 0 Å². The lowest BCUT2D eigenvalue weighted by Crippen LogP contribution is -2.62. The van der Waals surface area contributed by atoms with Gasteiger partial charge in [0.15, 0.2) is 12.2 Å². The average Bonchev–Trinajstić information content (AvgIpc) is 2.83. The fourth-order valence-corrected chi connectivity index (χ4v) is 4.27. The predicted molar refractivity (Wildman–Crippen MR) is 141 cm³/mol. The zero-order chi connectivity index (χ0) is 29.3. The van der Waals surface area contributed by atoms with E-state index in [9.17, 15) is 24.3 Å². The summed E-state index contributed by atoms with van der Waals surface area (Å²) < 4.78 is 29.5. The first-order valence-electron chi connectivity index (χ1n) is 13.6. The largest absolute Gasteiger partial charge is 0.478 e. The number of hydrogen-bond donors (Lipinski definition) is 1. The van der Waals surface area contributed by atoms with E-state index in [1.165, 1.54) is 6.07 Å². The lowest BCUT2D eigenvalue weighted by atomic mass is 9.85. The van der Waals surface area contributed by atoms with Crippen LogP contribution in [0.1, 0.15) is 103 Å². The molecule has 1 unspecified atom stereocenters. The van der Waals surface area contributed by atoms with Crippen molar-refractivity contribution in [1.29, 1.82) is 0 Å². The molecule has 1 saturated heterocycles. The van der Waals surface area contributed by atoms with E-state index in [1.54, 1.807) is 19.1 Å². The molecule has 0 saturated carbocycles. The van der Waals surface area contributed by atoms with Crippen LogP contribution in [0.3, 0.4) is 0 Å². The van der Waals surface area contributed by atoms with Gasteiger partial charge in [-0.05, 0) is 37.7 Å². The number of ether oxygens (including phenoxy) is 5. The second kappa shape index (κ2) is 14.3. The van der Waals surface area contributed by atoms with Gasteiger partial charge in [-0.3, -0.25) is 14.4 Å². The molecule has 10 heteroatoms. The first-order chi connectivity index (χ1) is 18.3. The number of para-hydroxylation sites is 1. The van der Waals surface area contributed by atoms with Crippen molar-refractivity contribution < 1.29 is 48.0 Å². The Bertz CT molecular complexity index is 1010. The van der Waals surface area contributed by atoms with Gasteiger partial charge in [0.25, 0.3) is 0 Å². The van der Waals surface area contributed by atoms with Crippen molar-refractivity contribution in [1.82, 2.24) is 0 Å². The molecule has 0 spiro atoms. The zero-order valence-corrected chi connectivity index (χ0v) is 24.0. The Labute approximate surface area is 230 Å². The molecule has 1 aromatic rings. The minimum Gasteiger partial charge on any atom is -0.478 e. The van der Waals surface area contributed by atoms with Gasteiger partial charge in [-0.15, -0.1) is 0 Å². The van der Waals surface area contributed by atoms with Crippen LogP contribution >= 0.6 is 0 Å². The lowest BCUT2D eigenvalue weighted by Gasteiger charge is -2.44. The van der Waals surface area contributed by atoms with Crippen molar-refractivity contribution in [2.45, 2.75) is 123 Å². The Balaban J connectivity index is 2.62. The monoisotopic (exact) mass is 550 g/mol. The number of hydrogen-bond acceptors (Lipinski definition) is 9. The maximum absolute atomic E-state index is 12.7. The van der Waals surface area contributed by atoms with E-state index in [0.717, 1.165) is 0 Å². The van der Waals surface area contributed by atoms with Crippen molar-refractivity contribution in [3.05, 3.63) is 29.3 Å². The maximum Gasteiger partial charge on any atom is 0.339 e. The second-order valence-electron chi connectivity index (χ2n) is 10.7.